The van der Waals surface area contributed by atoms with E-state index in [0.29, 0.717) is 36.8 Å². The summed E-state index contributed by atoms with van der Waals surface area (Å²) in [4.78, 5) is 19.3. The lowest BCUT2D eigenvalue weighted by atomic mass is 9.94. The van der Waals surface area contributed by atoms with Crippen molar-refractivity contribution in [1.29, 1.82) is 0 Å². The summed E-state index contributed by atoms with van der Waals surface area (Å²) in [7, 11) is 0. The summed E-state index contributed by atoms with van der Waals surface area (Å²) >= 11 is 1.53. The van der Waals surface area contributed by atoms with Crippen LogP contribution in [0.3, 0.4) is 0 Å². The Hall–Kier alpha value is -2.41. The molecule has 1 atom stereocenters. The Morgan fingerprint density at radius 1 is 1.19 bits per heavy atom. The van der Waals surface area contributed by atoms with Gasteiger partial charge in [-0.1, -0.05) is 11.8 Å². The van der Waals surface area contributed by atoms with E-state index >= 15 is 0 Å². The van der Waals surface area contributed by atoms with Gasteiger partial charge in [-0.15, -0.1) is 0 Å². The molecule has 0 aliphatic carbocycles. The standard InChI is InChI=1S/C20H24N2O4S/c1-5-24-14-8-9-15(16(12-14)25-6-2)18-17(19(23)26-7-3)13(4)21-20-22(18)10-11-27-20/h8-12,18H,5-7H2,1-4H3/t18-/m0/s1. The number of carbonyl (C=O) groups is 1. The Kier molecular flexibility index (Phi) is 6.11. The van der Waals surface area contributed by atoms with E-state index in [9.17, 15) is 4.79 Å². The van der Waals surface area contributed by atoms with E-state index in [1.165, 1.54) is 11.8 Å². The van der Waals surface area contributed by atoms with Crippen LogP contribution in [0.15, 0.2) is 46.1 Å². The molecule has 2 heterocycles. The van der Waals surface area contributed by atoms with E-state index in [-0.39, 0.29) is 12.0 Å². The fraction of sp³-hybridized carbons (Fsp3) is 0.400. The number of carbonyl (C=O) groups excluding carboxylic acids is 1. The van der Waals surface area contributed by atoms with Gasteiger partial charge < -0.3 is 19.1 Å². The zero-order valence-electron chi connectivity index (χ0n) is 16.0. The number of nitrogens with zero attached hydrogens (tertiary/aromatic N) is 2. The Morgan fingerprint density at radius 2 is 1.96 bits per heavy atom. The second-order valence-corrected chi connectivity index (χ2v) is 6.77. The lowest BCUT2D eigenvalue weighted by Gasteiger charge is -2.34. The number of benzene rings is 1. The van der Waals surface area contributed by atoms with E-state index in [1.807, 2.05) is 55.5 Å². The normalized spacial score (nSPS) is 18.3. The van der Waals surface area contributed by atoms with Crippen molar-refractivity contribution in [3.63, 3.8) is 0 Å². The molecule has 0 N–H and O–H groups in total. The molecule has 2 aliphatic heterocycles. The molecule has 0 spiro atoms. The monoisotopic (exact) mass is 388 g/mol. The second-order valence-electron chi connectivity index (χ2n) is 5.89. The summed E-state index contributed by atoms with van der Waals surface area (Å²) < 4.78 is 16.8. The number of aliphatic imine (C=N–C) groups is 1. The van der Waals surface area contributed by atoms with Crippen molar-refractivity contribution < 1.29 is 19.0 Å². The maximum Gasteiger partial charge on any atom is 0.338 e. The molecule has 0 bridgehead atoms. The summed E-state index contributed by atoms with van der Waals surface area (Å²) in [6.45, 7) is 8.91. The summed E-state index contributed by atoms with van der Waals surface area (Å²) in [6, 6.07) is 5.36. The zero-order valence-corrected chi connectivity index (χ0v) is 16.8. The number of hydrogen-bond acceptors (Lipinski definition) is 7. The first kappa shape index (κ1) is 19.4. The molecule has 0 saturated heterocycles. The number of rotatable bonds is 7. The molecule has 0 aromatic heterocycles. The predicted octanol–water partition coefficient (Wildman–Crippen LogP) is 4.25. The van der Waals surface area contributed by atoms with E-state index in [1.54, 1.807) is 6.92 Å². The van der Waals surface area contributed by atoms with E-state index < -0.39 is 0 Å². The molecular weight excluding hydrogens is 364 g/mol. The van der Waals surface area contributed by atoms with Gasteiger partial charge >= 0.3 is 5.97 Å². The molecule has 0 saturated carbocycles. The van der Waals surface area contributed by atoms with Crippen LogP contribution in [0.25, 0.3) is 0 Å². The highest BCUT2D eigenvalue weighted by Crippen LogP contribution is 2.44. The Morgan fingerprint density at radius 3 is 2.67 bits per heavy atom. The number of thioether (sulfide) groups is 1. The molecule has 1 aromatic carbocycles. The van der Waals surface area contributed by atoms with E-state index in [2.05, 4.69) is 4.99 Å². The lowest BCUT2D eigenvalue weighted by molar-refractivity contribution is -0.139. The minimum atomic E-state index is -0.361. The molecule has 27 heavy (non-hydrogen) atoms. The van der Waals surface area contributed by atoms with Crippen LogP contribution >= 0.6 is 11.8 Å². The molecule has 6 nitrogen and oxygen atoms in total. The maximum atomic E-state index is 12.7. The van der Waals surface area contributed by atoms with Crippen LogP contribution in [0, 0.1) is 0 Å². The van der Waals surface area contributed by atoms with Crippen LogP contribution in [0.2, 0.25) is 0 Å². The van der Waals surface area contributed by atoms with Gasteiger partial charge in [-0.3, -0.25) is 0 Å². The average molecular weight is 388 g/mol. The van der Waals surface area contributed by atoms with Gasteiger partial charge in [-0.2, -0.15) is 0 Å². The molecule has 0 amide bonds. The van der Waals surface area contributed by atoms with Crippen molar-refractivity contribution in [3.8, 4) is 11.5 Å². The maximum absolute atomic E-state index is 12.7. The fourth-order valence-electron chi connectivity index (χ4n) is 3.15. The van der Waals surface area contributed by atoms with Gasteiger partial charge in [0.15, 0.2) is 5.17 Å². The van der Waals surface area contributed by atoms with Crippen LogP contribution in [-0.2, 0) is 9.53 Å². The summed E-state index contributed by atoms with van der Waals surface area (Å²) in [5, 5.41) is 2.80. The predicted molar refractivity (Wildman–Crippen MR) is 107 cm³/mol. The zero-order chi connectivity index (χ0) is 19.4. The molecule has 7 heteroatoms. The van der Waals surface area contributed by atoms with Crippen LogP contribution in [0.5, 0.6) is 11.5 Å². The van der Waals surface area contributed by atoms with Gasteiger partial charge in [-0.25, -0.2) is 9.79 Å². The first-order chi connectivity index (χ1) is 13.1. The minimum Gasteiger partial charge on any atom is -0.494 e. The van der Waals surface area contributed by atoms with Crippen molar-refractivity contribution in [2.45, 2.75) is 33.7 Å². The van der Waals surface area contributed by atoms with Gasteiger partial charge in [0.1, 0.15) is 11.5 Å². The van der Waals surface area contributed by atoms with E-state index in [4.69, 9.17) is 14.2 Å². The summed E-state index contributed by atoms with van der Waals surface area (Å²) in [5.41, 5.74) is 2.07. The highest BCUT2D eigenvalue weighted by atomic mass is 32.2. The number of amidine groups is 1. The Balaban J connectivity index is 2.12. The quantitative estimate of drug-likeness (QED) is 0.651. The smallest absolute Gasteiger partial charge is 0.338 e. The van der Waals surface area contributed by atoms with E-state index in [0.717, 1.165) is 16.5 Å². The first-order valence-corrected chi connectivity index (χ1v) is 9.96. The molecule has 0 unspecified atom stereocenters. The van der Waals surface area contributed by atoms with Crippen LogP contribution < -0.4 is 9.47 Å². The summed E-state index contributed by atoms with van der Waals surface area (Å²) in [5.74, 6) is 1.07. The molecule has 144 valence electrons. The minimum absolute atomic E-state index is 0.311. The van der Waals surface area contributed by atoms with Crippen molar-refractivity contribution in [2.24, 2.45) is 4.99 Å². The van der Waals surface area contributed by atoms with Crippen LogP contribution in [0.1, 0.15) is 39.3 Å². The third-order valence-electron chi connectivity index (χ3n) is 4.21. The van der Waals surface area contributed by atoms with Gasteiger partial charge in [0.05, 0.1) is 37.1 Å². The van der Waals surface area contributed by atoms with Gasteiger partial charge in [0.25, 0.3) is 0 Å². The first-order valence-electron chi connectivity index (χ1n) is 9.08. The van der Waals surface area contributed by atoms with Crippen LogP contribution in [-0.4, -0.2) is 35.9 Å². The van der Waals surface area contributed by atoms with Crippen molar-refractivity contribution in [1.82, 2.24) is 4.90 Å². The highest BCUT2D eigenvalue weighted by molar-refractivity contribution is 8.16. The fourth-order valence-corrected chi connectivity index (χ4v) is 3.95. The molecule has 0 fully saturated rings. The Bertz CT molecular complexity index is 816. The largest absolute Gasteiger partial charge is 0.494 e. The lowest BCUT2D eigenvalue weighted by Crippen LogP contribution is -2.34. The second kappa shape index (κ2) is 8.52. The van der Waals surface area contributed by atoms with Gasteiger partial charge in [0, 0.05) is 17.8 Å². The van der Waals surface area contributed by atoms with Crippen molar-refractivity contribution >= 4 is 22.9 Å². The molecular formula is C20H24N2O4S. The average Bonchev–Trinajstić information content (AvgIpc) is 3.10. The van der Waals surface area contributed by atoms with Crippen LogP contribution in [0.4, 0.5) is 0 Å². The molecule has 0 radical (unpaired) electrons. The number of ether oxygens (including phenoxy) is 3. The molecule has 2 aliphatic rings. The van der Waals surface area contributed by atoms with Crippen molar-refractivity contribution in [3.05, 3.63) is 46.6 Å². The SMILES string of the molecule is CCOC(=O)C1=C(C)N=C2SC=CN2[C@H]1c1ccc(OCC)cc1OCC. The number of hydrogen-bond donors (Lipinski definition) is 0. The number of allylic oxidation sites excluding steroid dienone is 1. The highest BCUT2D eigenvalue weighted by Gasteiger charge is 2.39. The van der Waals surface area contributed by atoms with Gasteiger partial charge in [0.2, 0.25) is 0 Å². The Labute approximate surface area is 163 Å². The summed E-state index contributed by atoms with van der Waals surface area (Å²) in [6.07, 6.45) is 1.94. The van der Waals surface area contributed by atoms with Gasteiger partial charge in [-0.05, 0) is 45.2 Å². The molecule has 3 rings (SSSR count). The third kappa shape index (κ3) is 3.83. The number of fused-ring (bicyclic) bond motifs is 1. The van der Waals surface area contributed by atoms with Crippen molar-refractivity contribution in [2.75, 3.05) is 19.8 Å². The topological polar surface area (TPSA) is 60.4 Å². The molecule has 1 aromatic rings. The third-order valence-corrected chi connectivity index (χ3v) is 4.98. The number of esters is 1.